The normalized spacial score (nSPS) is 13.3. The van der Waals surface area contributed by atoms with Crippen LogP contribution in [0, 0.1) is 6.92 Å². The lowest BCUT2D eigenvalue weighted by Gasteiger charge is -2.19. The highest BCUT2D eigenvalue weighted by atomic mass is 16.6. The molecule has 0 spiro atoms. The molecule has 0 saturated heterocycles. The van der Waals surface area contributed by atoms with Crippen molar-refractivity contribution in [2.24, 2.45) is 0 Å². The van der Waals surface area contributed by atoms with Crippen LogP contribution in [0.5, 0.6) is 11.5 Å². The molecule has 1 aromatic heterocycles. The van der Waals surface area contributed by atoms with E-state index in [9.17, 15) is 4.79 Å². The van der Waals surface area contributed by atoms with Crippen LogP contribution in [0.3, 0.4) is 0 Å². The summed E-state index contributed by atoms with van der Waals surface area (Å²) >= 11 is 0. The van der Waals surface area contributed by atoms with Crippen molar-refractivity contribution < 1.29 is 13.9 Å². The number of hydrogen-bond donors (Lipinski definition) is 0. The first kappa shape index (κ1) is 13.0. The minimum absolute atomic E-state index is 0.0538. The standard InChI is InChI=1S/C18H14O4/c1-11-15(12-5-3-2-4-6-12)16(19)13-7-8-14-18(17(13)22-11)21-10-9-20-14/h2-8H,9-10H2,1H3. The van der Waals surface area contributed by atoms with Gasteiger partial charge in [-0.05, 0) is 24.6 Å². The van der Waals surface area contributed by atoms with Gasteiger partial charge in [-0.15, -0.1) is 0 Å². The van der Waals surface area contributed by atoms with Gasteiger partial charge >= 0.3 is 0 Å². The van der Waals surface area contributed by atoms with Gasteiger partial charge in [0.25, 0.3) is 0 Å². The number of fused-ring (bicyclic) bond motifs is 3. The third-order valence-electron chi connectivity index (χ3n) is 3.80. The number of hydrogen-bond acceptors (Lipinski definition) is 4. The van der Waals surface area contributed by atoms with Crippen molar-refractivity contribution in [2.75, 3.05) is 13.2 Å². The zero-order valence-electron chi connectivity index (χ0n) is 12.1. The zero-order chi connectivity index (χ0) is 15.1. The second kappa shape index (κ2) is 4.91. The van der Waals surface area contributed by atoms with Crippen molar-refractivity contribution in [3.8, 4) is 22.6 Å². The van der Waals surface area contributed by atoms with Crippen molar-refractivity contribution in [1.29, 1.82) is 0 Å². The maximum absolute atomic E-state index is 12.9. The van der Waals surface area contributed by atoms with Gasteiger partial charge in [0.2, 0.25) is 11.2 Å². The Balaban J connectivity index is 2.05. The molecule has 110 valence electrons. The van der Waals surface area contributed by atoms with E-state index in [0.29, 0.717) is 47.0 Å². The van der Waals surface area contributed by atoms with Gasteiger partial charge in [-0.25, -0.2) is 0 Å². The van der Waals surface area contributed by atoms with Crippen molar-refractivity contribution in [3.63, 3.8) is 0 Å². The van der Waals surface area contributed by atoms with Gasteiger partial charge in [0.05, 0.1) is 10.9 Å². The largest absolute Gasteiger partial charge is 0.486 e. The van der Waals surface area contributed by atoms with Crippen molar-refractivity contribution in [1.82, 2.24) is 0 Å². The highest BCUT2D eigenvalue weighted by molar-refractivity contribution is 5.89. The van der Waals surface area contributed by atoms with Crippen LogP contribution in [0.1, 0.15) is 5.76 Å². The summed E-state index contributed by atoms with van der Waals surface area (Å²) in [5.41, 5.74) is 1.84. The van der Waals surface area contributed by atoms with Gasteiger partial charge < -0.3 is 13.9 Å². The fourth-order valence-electron chi connectivity index (χ4n) is 2.81. The zero-order valence-corrected chi connectivity index (χ0v) is 12.1. The molecule has 22 heavy (non-hydrogen) atoms. The van der Waals surface area contributed by atoms with Crippen molar-refractivity contribution in [2.45, 2.75) is 6.92 Å². The molecule has 0 unspecified atom stereocenters. The lowest BCUT2D eigenvalue weighted by Crippen LogP contribution is -2.16. The molecule has 0 bridgehead atoms. The first-order valence-electron chi connectivity index (χ1n) is 7.17. The number of benzene rings is 2. The van der Waals surface area contributed by atoms with Crippen LogP contribution >= 0.6 is 0 Å². The van der Waals surface area contributed by atoms with Crippen LogP contribution in [0.4, 0.5) is 0 Å². The van der Waals surface area contributed by atoms with Gasteiger partial charge in [0, 0.05) is 0 Å². The summed E-state index contributed by atoms with van der Waals surface area (Å²) in [6.45, 7) is 2.76. The molecule has 0 fully saturated rings. The summed E-state index contributed by atoms with van der Waals surface area (Å²) in [5, 5.41) is 0.508. The Hall–Kier alpha value is -2.75. The Bertz CT molecular complexity index is 910. The molecule has 0 amide bonds. The molecule has 4 rings (SSSR count). The maximum atomic E-state index is 12.9. The van der Waals surface area contributed by atoms with Crippen LogP contribution < -0.4 is 14.9 Å². The summed E-state index contributed by atoms with van der Waals surface area (Å²) in [5.74, 6) is 1.71. The van der Waals surface area contributed by atoms with E-state index >= 15 is 0 Å². The molecule has 2 aromatic carbocycles. The Kier molecular flexibility index (Phi) is 2.89. The Morgan fingerprint density at radius 2 is 1.73 bits per heavy atom. The van der Waals surface area contributed by atoms with E-state index in [-0.39, 0.29) is 5.43 Å². The quantitative estimate of drug-likeness (QED) is 0.689. The molecule has 2 heterocycles. The van der Waals surface area contributed by atoms with Crippen LogP contribution in [0.25, 0.3) is 22.1 Å². The molecule has 1 aliphatic rings. The lowest BCUT2D eigenvalue weighted by molar-refractivity contribution is 0.172. The first-order valence-corrected chi connectivity index (χ1v) is 7.17. The fraction of sp³-hybridized carbons (Fsp3) is 0.167. The lowest BCUT2D eigenvalue weighted by atomic mass is 10.0. The van der Waals surface area contributed by atoms with Gasteiger partial charge in [0.15, 0.2) is 11.3 Å². The van der Waals surface area contributed by atoms with E-state index in [1.54, 1.807) is 19.1 Å². The molecule has 0 radical (unpaired) electrons. The summed E-state index contributed by atoms with van der Waals surface area (Å²) in [7, 11) is 0. The number of ether oxygens (including phenoxy) is 2. The van der Waals surface area contributed by atoms with Crippen LogP contribution in [-0.4, -0.2) is 13.2 Å². The predicted octanol–water partition coefficient (Wildman–Crippen LogP) is 3.54. The molecule has 1 aliphatic heterocycles. The second-order valence-electron chi connectivity index (χ2n) is 5.19. The average Bonchev–Trinajstić information content (AvgIpc) is 2.56. The monoisotopic (exact) mass is 294 g/mol. The molecular weight excluding hydrogens is 280 g/mol. The van der Waals surface area contributed by atoms with Crippen molar-refractivity contribution >= 4 is 11.0 Å². The molecule has 0 saturated carbocycles. The van der Waals surface area contributed by atoms with Gasteiger partial charge in [0.1, 0.15) is 19.0 Å². The molecule has 0 aliphatic carbocycles. The fourth-order valence-corrected chi connectivity index (χ4v) is 2.81. The molecule has 0 N–H and O–H groups in total. The minimum Gasteiger partial charge on any atom is -0.486 e. The molecule has 0 atom stereocenters. The summed E-state index contributed by atoms with van der Waals surface area (Å²) in [6, 6.07) is 13.0. The molecular formula is C18H14O4. The Morgan fingerprint density at radius 3 is 2.55 bits per heavy atom. The SMILES string of the molecule is Cc1oc2c3c(ccc2c(=O)c1-c1ccccc1)OCCO3. The molecule has 3 aromatic rings. The first-order chi connectivity index (χ1) is 10.8. The second-order valence-corrected chi connectivity index (χ2v) is 5.19. The van der Waals surface area contributed by atoms with Gasteiger partial charge in [-0.3, -0.25) is 4.79 Å². The van der Waals surface area contributed by atoms with Crippen molar-refractivity contribution in [3.05, 3.63) is 58.4 Å². The van der Waals surface area contributed by atoms with E-state index in [0.717, 1.165) is 5.56 Å². The van der Waals surface area contributed by atoms with E-state index in [1.165, 1.54) is 0 Å². The topological polar surface area (TPSA) is 48.7 Å². The maximum Gasteiger partial charge on any atom is 0.205 e. The summed E-state index contributed by atoms with van der Waals surface area (Å²) in [6.07, 6.45) is 0. The highest BCUT2D eigenvalue weighted by Crippen LogP contribution is 2.38. The third-order valence-corrected chi connectivity index (χ3v) is 3.80. The van der Waals surface area contributed by atoms with E-state index in [2.05, 4.69) is 0 Å². The van der Waals surface area contributed by atoms with Crippen LogP contribution in [-0.2, 0) is 0 Å². The predicted molar refractivity (Wildman–Crippen MR) is 83.6 cm³/mol. The van der Waals surface area contributed by atoms with Gasteiger partial charge in [-0.1, -0.05) is 30.3 Å². The van der Waals surface area contributed by atoms with E-state index in [4.69, 9.17) is 13.9 Å². The third kappa shape index (κ3) is 1.88. The van der Waals surface area contributed by atoms with Gasteiger partial charge in [-0.2, -0.15) is 0 Å². The van der Waals surface area contributed by atoms with Crippen LogP contribution in [0.2, 0.25) is 0 Å². The summed E-state index contributed by atoms with van der Waals surface area (Å²) in [4.78, 5) is 12.9. The Morgan fingerprint density at radius 1 is 0.955 bits per heavy atom. The number of rotatable bonds is 1. The van der Waals surface area contributed by atoms with E-state index < -0.39 is 0 Å². The average molecular weight is 294 g/mol. The highest BCUT2D eigenvalue weighted by Gasteiger charge is 2.21. The molecule has 4 heteroatoms. The Labute approximate surface area is 126 Å². The minimum atomic E-state index is -0.0538. The number of aryl methyl sites for hydroxylation is 1. The summed E-state index contributed by atoms with van der Waals surface area (Å²) < 4.78 is 17.1. The van der Waals surface area contributed by atoms with Crippen LogP contribution in [0.15, 0.2) is 51.7 Å². The molecule has 4 nitrogen and oxygen atoms in total. The smallest absolute Gasteiger partial charge is 0.205 e. The van der Waals surface area contributed by atoms with E-state index in [1.807, 2.05) is 30.3 Å².